The Bertz CT molecular complexity index is 1330. The number of esters is 1. The third-order valence-electron chi connectivity index (χ3n) is 6.02. The normalized spacial score (nSPS) is 11.8. The second-order valence-electron chi connectivity index (χ2n) is 8.61. The quantitative estimate of drug-likeness (QED) is 0.296. The van der Waals surface area contributed by atoms with Crippen LogP contribution < -0.4 is 14.8 Å². The minimum Gasteiger partial charge on any atom is -0.497 e. The lowest BCUT2D eigenvalue weighted by Crippen LogP contribution is -2.26. The van der Waals surface area contributed by atoms with E-state index in [1.807, 2.05) is 80.6 Å². The van der Waals surface area contributed by atoms with Crippen molar-refractivity contribution in [3.05, 3.63) is 83.6 Å². The van der Waals surface area contributed by atoms with Gasteiger partial charge >= 0.3 is 5.97 Å². The van der Waals surface area contributed by atoms with Crippen molar-refractivity contribution < 1.29 is 24.1 Å². The van der Waals surface area contributed by atoms with Crippen LogP contribution >= 0.6 is 0 Å². The van der Waals surface area contributed by atoms with Crippen LogP contribution in [0.4, 0.5) is 5.69 Å². The van der Waals surface area contributed by atoms with E-state index in [0.717, 1.165) is 39.3 Å². The first-order valence-corrected chi connectivity index (χ1v) is 12.0. The van der Waals surface area contributed by atoms with E-state index in [1.165, 1.54) is 0 Å². The highest BCUT2D eigenvalue weighted by molar-refractivity contribution is 6.07. The summed E-state index contributed by atoms with van der Waals surface area (Å²) >= 11 is 0. The Labute approximate surface area is 211 Å². The zero-order chi connectivity index (χ0) is 25.7. The van der Waals surface area contributed by atoms with E-state index in [0.29, 0.717) is 24.5 Å². The number of aryl methyl sites for hydroxylation is 1. The predicted molar refractivity (Wildman–Crippen MR) is 142 cm³/mol. The van der Waals surface area contributed by atoms with Crippen LogP contribution in [0, 0.1) is 13.8 Å². The van der Waals surface area contributed by atoms with Gasteiger partial charge in [-0.05, 0) is 75.4 Å². The fraction of sp³-hybridized carbons (Fsp3) is 0.276. The average molecular weight is 489 g/mol. The lowest BCUT2D eigenvalue weighted by molar-refractivity contribution is 0.0527. The van der Waals surface area contributed by atoms with Gasteiger partial charge in [-0.3, -0.25) is 0 Å². The summed E-state index contributed by atoms with van der Waals surface area (Å²) in [5.74, 6) is 0.970. The molecule has 1 aromatic heterocycles. The molecule has 0 saturated carbocycles. The van der Waals surface area contributed by atoms with Crippen LogP contribution in [-0.4, -0.2) is 48.6 Å². The second kappa shape index (κ2) is 11.2. The summed E-state index contributed by atoms with van der Waals surface area (Å²) in [4.78, 5) is 12.9. The number of nitrogens with one attached hydrogen (secondary N) is 1. The summed E-state index contributed by atoms with van der Waals surface area (Å²) in [6.45, 7) is 6.47. The number of carbonyl (C=O) groups excluding carboxylic acids is 1. The molecule has 0 aliphatic heterocycles. The van der Waals surface area contributed by atoms with E-state index >= 15 is 0 Å². The van der Waals surface area contributed by atoms with Crippen molar-refractivity contribution in [1.29, 1.82) is 0 Å². The lowest BCUT2D eigenvalue weighted by Gasteiger charge is -2.14. The molecule has 0 radical (unpaired) electrons. The number of rotatable bonds is 10. The smallest absolute Gasteiger partial charge is 0.340 e. The van der Waals surface area contributed by atoms with Crippen LogP contribution in [0.25, 0.3) is 16.6 Å². The SMILES string of the molecule is CCOC(=O)c1c(C)n(-c2ccc(C)cc2)c2ccc(OCC(O)CNc3ccc(OC)cc3)cc12. The number of aromatic nitrogens is 1. The predicted octanol–water partition coefficient (Wildman–Crippen LogP) is 5.28. The molecule has 36 heavy (non-hydrogen) atoms. The number of hydrogen-bond acceptors (Lipinski definition) is 6. The van der Waals surface area contributed by atoms with Crippen LogP contribution in [0.5, 0.6) is 11.5 Å². The monoisotopic (exact) mass is 488 g/mol. The molecule has 7 nitrogen and oxygen atoms in total. The summed E-state index contributed by atoms with van der Waals surface area (Å²) in [6, 6.07) is 21.3. The highest BCUT2D eigenvalue weighted by Crippen LogP contribution is 2.33. The molecule has 0 amide bonds. The zero-order valence-corrected chi connectivity index (χ0v) is 21.1. The third kappa shape index (κ3) is 5.47. The zero-order valence-electron chi connectivity index (χ0n) is 21.1. The molecule has 0 spiro atoms. The minimum atomic E-state index is -0.730. The number of fused-ring (bicyclic) bond motifs is 1. The molecule has 188 valence electrons. The molecule has 4 rings (SSSR count). The first-order valence-electron chi connectivity index (χ1n) is 12.0. The number of anilines is 1. The number of aliphatic hydroxyl groups excluding tert-OH is 1. The van der Waals surface area contributed by atoms with E-state index in [1.54, 1.807) is 14.0 Å². The highest BCUT2D eigenvalue weighted by Gasteiger charge is 2.22. The van der Waals surface area contributed by atoms with Gasteiger partial charge < -0.3 is 29.2 Å². The second-order valence-corrected chi connectivity index (χ2v) is 8.61. The van der Waals surface area contributed by atoms with E-state index in [-0.39, 0.29) is 12.6 Å². The molecule has 1 unspecified atom stereocenters. The maximum absolute atomic E-state index is 12.9. The molecular formula is C29H32N2O5. The van der Waals surface area contributed by atoms with E-state index < -0.39 is 6.10 Å². The van der Waals surface area contributed by atoms with Gasteiger partial charge in [0.1, 0.15) is 24.2 Å². The van der Waals surface area contributed by atoms with Gasteiger partial charge in [-0.15, -0.1) is 0 Å². The molecule has 3 aromatic carbocycles. The van der Waals surface area contributed by atoms with Gasteiger partial charge in [0.25, 0.3) is 0 Å². The molecular weight excluding hydrogens is 456 g/mol. The Kier molecular flexibility index (Phi) is 7.80. The number of ether oxygens (including phenoxy) is 3. The van der Waals surface area contributed by atoms with Crippen molar-refractivity contribution in [1.82, 2.24) is 4.57 Å². The number of hydrogen-bond donors (Lipinski definition) is 2. The molecule has 0 saturated heterocycles. The number of methoxy groups -OCH3 is 1. The highest BCUT2D eigenvalue weighted by atomic mass is 16.5. The molecule has 0 fully saturated rings. The van der Waals surface area contributed by atoms with Crippen molar-refractivity contribution in [2.45, 2.75) is 26.9 Å². The Morgan fingerprint density at radius 3 is 2.36 bits per heavy atom. The van der Waals surface area contributed by atoms with Gasteiger partial charge in [0.15, 0.2) is 0 Å². The van der Waals surface area contributed by atoms with Crippen LogP contribution in [0.3, 0.4) is 0 Å². The summed E-state index contributed by atoms with van der Waals surface area (Å²) in [5.41, 5.74) is 5.20. The molecule has 0 aliphatic rings. The van der Waals surface area contributed by atoms with Crippen molar-refractivity contribution in [2.75, 3.05) is 32.2 Å². The Morgan fingerprint density at radius 2 is 1.69 bits per heavy atom. The van der Waals surface area contributed by atoms with E-state index in [2.05, 4.69) is 9.88 Å². The Balaban J connectivity index is 1.54. The molecule has 2 N–H and O–H groups in total. The van der Waals surface area contributed by atoms with Gasteiger partial charge in [0.2, 0.25) is 0 Å². The summed E-state index contributed by atoms with van der Waals surface area (Å²) in [7, 11) is 1.62. The van der Waals surface area contributed by atoms with Crippen molar-refractivity contribution in [3.8, 4) is 17.2 Å². The van der Waals surface area contributed by atoms with Gasteiger partial charge in [-0.25, -0.2) is 4.79 Å². The van der Waals surface area contributed by atoms with E-state index in [9.17, 15) is 9.90 Å². The van der Waals surface area contributed by atoms with Crippen molar-refractivity contribution >= 4 is 22.6 Å². The summed E-state index contributed by atoms with van der Waals surface area (Å²) in [5, 5.41) is 14.4. The van der Waals surface area contributed by atoms with Crippen LogP contribution in [0.2, 0.25) is 0 Å². The average Bonchev–Trinajstić information content (AvgIpc) is 3.18. The van der Waals surface area contributed by atoms with Crippen LogP contribution in [-0.2, 0) is 4.74 Å². The largest absolute Gasteiger partial charge is 0.497 e. The van der Waals surface area contributed by atoms with Gasteiger partial charge in [-0.1, -0.05) is 17.7 Å². The number of aliphatic hydroxyl groups is 1. The molecule has 0 aliphatic carbocycles. The molecule has 1 heterocycles. The molecule has 1 atom stereocenters. The van der Waals surface area contributed by atoms with E-state index in [4.69, 9.17) is 14.2 Å². The maximum atomic E-state index is 12.9. The maximum Gasteiger partial charge on any atom is 0.340 e. The molecule has 0 bridgehead atoms. The fourth-order valence-electron chi connectivity index (χ4n) is 4.17. The van der Waals surface area contributed by atoms with Gasteiger partial charge in [0, 0.05) is 29.0 Å². The summed E-state index contributed by atoms with van der Waals surface area (Å²) < 4.78 is 18.5. The Morgan fingerprint density at radius 1 is 1.00 bits per heavy atom. The number of benzene rings is 3. The molecule has 4 aromatic rings. The van der Waals surface area contributed by atoms with Gasteiger partial charge in [0.05, 0.1) is 24.8 Å². The van der Waals surface area contributed by atoms with Gasteiger partial charge in [-0.2, -0.15) is 0 Å². The Hall–Kier alpha value is -3.97. The third-order valence-corrected chi connectivity index (χ3v) is 6.02. The first kappa shape index (κ1) is 25.1. The van der Waals surface area contributed by atoms with Crippen LogP contribution in [0.1, 0.15) is 28.5 Å². The first-order chi connectivity index (χ1) is 17.4. The van der Waals surface area contributed by atoms with Crippen LogP contribution in [0.15, 0.2) is 66.7 Å². The standard InChI is InChI=1S/C29H32N2O5/c1-5-35-29(33)28-20(3)31(22-10-6-19(2)7-11-22)27-15-14-25(16-26(27)28)36-18-23(32)17-30-21-8-12-24(34-4)13-9-21/h6-16,23,30,32H,5,17-18H2,1-4H3. The van der Waals surface area contributed by atoms with Crippen molar-refractivity contribution in [3.63, 3.8) is 0 Å². The number of carbonyl (C=O) groups is 1. The topological polar surface area (TPSA) is 82.0 Å². The van der Waals surface area contributed by atoms with Crippen molar-refractivity contribution in [2.24, 2.45) is 0 Å². The lowest BCUT2D eigenvalue weighted by atomic mass is 10.1. The summed E-state index contributed by atoms with van der Waals surface area (Å²) in [6.07, 6.45) is -0.730. The molecule has 7 heteroatoms. The minimum absolute atomic E-state index is 0.0983. The number of nitrogens with zero attached hydrogens (tertiary/aromatic N) is 1. The fourth-order valence-corrected chi connectivity index (χ4v) is 4.17.